The van der Waals surface area contributed by atoms with Gasteiger partial charge < -0.3 is 14.6 Å². The molecule has 98 valence electrons. The van der Waals surface area contributed by atoms with Crippen molar-refractivity contribution in [2.45, 2.75) is 6.92 Å². The number of carboxylic acid groups (broad SMARTS) is 1. The minimum atomic E-state index is -1.07. The highest BCUT2D eigenvalue weighted by molar-refractivity contribution is 9.09. The van der Waals surface area contributed by atoms with Crippen LogP contribution in [-0.4, -0.2) is 29.6 Å². The minimum absolute atomic E-state index is 0.0633. The van der Waals surface area contributed by atoms with E-state index in [9.17, 15) is 4.79 Å². The molecule has 0 atom stereocenters. The second-order valence-corrected chi connectivity index (χ2v) is 4.15. The van der Waals surface area contributed by atoms with E-state index < -0.39 is 5.97 Å². The second kappa shape index (κ2) is 7.76. The highest BCUT2D eigenvalue weighted by Crippen LogP contribution is 2.15. The smallest absolute Gasteiger partial charge is 0.371 e. The van der Waals surface area contributed by atoms with Crippen molar-refractivity contribution in [1.82, 2.24) is 0 Å². The Balaban J connectivity index is 2.77. The van der Waals surface area contributed by atoms with Gasteiger partial charge in [0.1, 0.15) is 5.75 Å². The number of hydrogen-bond acceptors (Lipinski definition) is 3. The van der Waals surface area contributed by atoms with Gasteiger partial charge in [-0.2, -0.15) is 0 Å². The maximum atomic E-state index is 10.9. The van der Waals surface area contributed by atoms with Crippen molar-refractivity contribution >= 4 is 28.0 Å². The average Bonchev–Trinajstić information content (AvgIpc) is 2.37. The van der Waals surface area contributed by atoms with E-state index >= 15 is 0 Å². The number of halogens is 1. The monoisotopic (exact) mass is 314 g/mol. The van der Waals surface area contributed by atoms with Crippen molar-refractivity contribution in [1.29, 1.82) is 0 Å². The van der Waals surface area contributed by atoms with Crippen molar-refractivity contribution in [2.24, 2.45) is 0 Å². The molecule has 0 aliphatic carbocycles. The van der Waals surface area contributed by atoms with E-state index in [0.29, 0.717) is 13.2 Å². The topological polar surface area (TPSA) is 55.8 Å². The zero-order chi connectivity index (χ0) is 13.4. The Labute approximate surface area is 114 Å². The molecule has 0 saturated heterocycles. The minimum Gasteiger partial charge on any atom is -0.493 e. The van der Waals surface area contributed by atoms with Crippen molar-refractivity contribution in [2.75, 3.05) is 18.5 Å². The Kier molecular flexibility index (Phi) is 6.28. The van der Waals surface area contributed by atoms with E-state index in [4.69, 9.17) is 14.6 Å². The fourth-order valence-electron chi connectivity index (χ4n) is 1.29. The molecule has 1 N–H and O–H groups in total. The molecule has 0 unspecified atom stereocenters. The quantitative estimate of drug-likeness (QED) is 0.477. The highest BCUT2D eigenvalue weighted by Gasteiger charge is 2.07. The van der Waals surface area contributed by atoms with Gasteiger partial charge in [-0.25, -0.2) is 4.79 Å². The molecule has 0 heterocycles. The normalized spacial score (nSPS) is 11.1. The molecular formula is C13H15BrO4. The predicted molar refractivity (Wildman–Crippen MR) is 73.0 cm³/mol. The van der Waals surface area contributed by atoms with Crippen LogP contribution in [0.4, 0.5) is 0 Å². The van der Waals surface area contributed by atoms with E-state index in [-0.39, 0.29) is 5.76 Å². The molecule has 0 amide bonds. The summed E-state index contributed by atoms with van der Waals surface area (Å²) in [5.41, 5.74) is 0.757. The standard InChI is InChI=1S/C13H15BrO4/c1-2-17-12(13(15)16)9-10-3-5-11(6-4-10)18-8-7-14/h3-6,9H,2,7-8H2,1H3,(H,15,16). The van der Waals surface area contributed by atoms with Crippen LogP contribution < -0.4 is 4.74 Å². The summed E-state index contributed by atoms with van der Waals surface area (Å²) in [6, 6.07) is 7.15. The Morgan fingerprint density at radius 3 is 2.56 bits per heavy atom. The molecule has 0 radical (unpaired) electrons. The fraction of sp³-hybridized carbons (Fsp3) is 0.308. The summed E-state index contributed by atoms with van der Waals surface area (Å²) < 4.78 is 10.4. The number of rotatable bonds is 7. The Bertz CT molecular complexity index is 412. The van der Waals surface area contributed by atoms with Crippen LogP contribution in [0.3, 0.4) is 0 Å². The van der Waals surface area contributed by atoms with Crippen LogP contribution in [0.5, 0.6) is 5.75 Å². The molecule has 1 aromatic rings. The molecule has 0 aliphatic heterocycles. The van der Waals surface area contributed by atoms with Crippen LogP contribution in [-0.2, 0) is 9.53 Å². The number of hydrogen-bond donors (Lipinski definition) is 1. The van der Waals surface area contributed by atoms with Gasteiger partial charge in [0, 0.05) is 5.33 Å². The molecule has 0 saturated carbocycles. The number of carbonyl (C=O) groups is 1. The van der Waals surface area contributed by atoms with Crippen LogP contribution >= 0.6 is 15.9 Å². The Morgan fingerprint density at radius 1 is 1.39 bits per heavy atom. The second-order valence-electron chi connectivity index (χ2n) is 3.35. The maximum Gasteiger partial charge on any atom is 0.371 e. The van der Waals surface area contributed by atoms with Gasteiger partial charge in [-0.3, -0.25) is 0 Å². The lowest BCUT2D eigenvalue weighted by atomic mass is 10.2. The van der Waals surface area contributed by atoms with Crippen LogP contribution in [0.1, 0.15) is 12.5 Å². The van der Waals surface area contributed by atoms with Crippen LogP contribution in [0, 0.1) is 0 Å². The van der Waals surface area contributed by atoms with Gasteiger partial charge in [0.2, 0.25) is 5.76 Å². The first-order chi connectivity index (χ1) is 8.67. The third-order valence-electron chi connectivity index (χ3n) is 2.03. The van der Waals surface area contributed by atoms with E-state index in [1.54, 1.807) is 31.2 Å². The molecule has 18 heavy (non-hydrogen) atoms. The number of benzene rings is 1. The molecule has 0 fully saturated rings. The summed E-state index contributed by atoms with van der Waals surface area (Å²) >= 11 is 3.27. The van der Waals surface area contributed by atoms with Gasteiger partial charge in [0.15, 0.2) is 0 Å². The number of aliphatic carboxylic acids is 1. The van der Waals surface area contributed by atoms with Crippen LogP contribution in [0.25, 0.3) is 6.08 Å². The molecule has 5 heteroatoms. The van der Waals surface area contributed by atoms with Gasteiger partial charge in [-0.15, -0.1) is 0 Å². The zero-order valence-electron chi connectivity index (χ0n) is 10.1. The first kappa shape index (κ1) is 14.6. The zero-order valence-corrected chi connectivity index (χ0v) is 11.6. The van der Waals surface area contributed by atoms with Gasteiger partial charge >= 0.3 is 5.97 Å². The largest absolute Gasteiger partial charge is 0.493 e. The lowest BCUT2D eigenvalue weighted by Gasteiger charge is -2.05. The van der Waals surface area contributed by atoms with Crippen LogP contribution in [0.15, 0.2) is 30.0 Å². The Morgan fingerprint density at radius 2 is 2.06 bits per heavy atom. The van der Waals surface area contributed by atoms with Crippen molar-refractivity contribution in [3.05, 3.63) is 35.6 Å². The van der Waals surface area contributed by atoms with E-state index in [1.165, 1.54) is 6.08 Å². The summed E-state index contributed by atoms with van der Waals surface area (Å²) in [6.07, 6.45) is 1.49. The molecule has 0 aliphatic rings. The molecule has 0 spiro atoms. The summed E-state index contributed by atoms with van der Waals surface area (Å²) in [7, 11) is 0. The summed E-state index contributed by atoms with van der Waals surface area (Å²) in [5.74, 6) is -0.386. The number of ether oxygens (including phenoxy) is 2. The van der Waals surface area contributed by atoms with Gasteiger partial charge in [0.25, 0.3) is 0 Å². The van der Waals surface area contributed by atoms with Crippen molar-refractivity contribution in [3.63, 3.8) is 0 Å². The molecular weight excluding hydrogens is 300 g/mol. The van der Waals surface area contributed by atoms with E-state index in [2.05, 4.69) is 15.9 Å². The molecule has 0 aromatic heterocycles. The molecule has 4 nitrogen and oxygen atoms in total. The average molecular weight is 315 g/mol. The third kappa shape index (κ3) is 4.79. The van der Waals surface area contributed by atoms with Gasteiger partial charge in [-0.05, 0) is 30.7 Å². The maximum absolute atomic E-state index is 10.9. The summed E-state index contributed by atoms with van der Waals surface area (Å²) in [5, 5.41) is 9.68. The lowest BCUT2D eigenvalue weighted by molar-refractivity contribution is -0.136. The first-order valence-electron chi connectivity index (χ1n) is 5.54. The molecule has 0 bridgehead atoms. The fourth-order valence-corrected chi connectivity index (χ4v) is 1.45. The highest BCUT2D eigenvalue weighted by atomic mass is 79.9. The first-order valence-corrected chi connectivity index (χ1v) is 6.66. The molecule has 1 rings (SSSR count). The van der Waals surface area contributed by atoms with Gasteiger partial charge in [-0.1, -0.05) is 28.1 Å². The van der Waals surface area contributed by atoms with Gasteiger partial charge in [0.05, 0.1) is 13.2 Å². The Hall–Kier alpha value is -1.49. The van der Waals surface area contributed by atoms with E-state index in [1.807, 2.05) is 0 Å². The number of carboxylic acids is 1. The summed E-state index contributed by atoms with van der Waals surface area (Å²) in [6.45, 7) is 2.66. The number of alkyl halides is 1. The SMILES string of the molecule is CCOC(=Cc1ccc(OCCBr)cc1)C(=O)O. The lowest BCUT2D eigenvalue weighted by Crippen LogP contribution is -2.04. The predicted octanol–water partition coefficient (Wildman–Crippen LogP) is 2.92. The third-order valence-corrected chi connectivity index (χ3v) is 2.36. The summed E-state index contributed by atoms with van der Waals surface area (Å²) in [4.78, 5) is 10.9. The van der Waals surface area contributed by atoms with Crippen LogP contribution in [0.2, 0.25) is 0 Å². The van der Waals surface area contributed by atoms with Crippen molar-refractivity contribution in [3.8, 4) is 5.75 Å². The van der Waals surface area contributed by atoms with E-state index in [0.717, 1.165) is 16.6 Å². The van der Waals surface area contributed by atoms with Crippen molar-refractivity contribution < 1.29 is 19.4 Å². The molecule has 1 aromatic carbocycles.